The van der Waals surface area contributed by atoms with E-state index in [1.807, 2.05) is 6.92 Å². The Morgan fingerprint density at radius 2 is 1.06 bits per heavy atom. The number of hydrogen-bond acceptors (Lipinski definition) is 8. The van der Waals surface area contributed by atoms with Crippen molar-refractivity contribution >= 4 is 29.6 Å². The molecule has 1 aliphatic heterocycles. The zero-order valence-electron chi connectivity index (χ0n) is 32.3. The number of rotatable bonds is 29. The Balaban J connectivity index is 0.00000178. The summed E-state index contributed by atoms with van der Waals surface area (Å²) in [6.45, 7) is 12.2. The molecule has 0 spiro atoms. The molecule has 286 valence electrons. The van der Waals surface area contributed by atoms with Crippen molar-refractivity contribution in [2.75, 3.05) is 19.8 Å². The van der Waals surface area contributed by atoms with Crippen LogP contribution in [0.2, 0.25) is 0 Å². The van der Waals surface area contributed by atoms with Gasteiger partial charge in [-0.05, 0) is 39.5 Å². The summed E-state index contributed by atoms with van der Waals surface area (Å²) in [6, 6.07) is 0.0405. The lowest BCUT2D eigenvalue weighted by Gasteiger charge is -2.46. The molecule has 1 amide bonds. The molecular formula is C40H73NO8. The molecular weight excluding hydrogens is 622 g/mol. The number of nitrogens with zero attached hydrogens (tertiary/aromatic N) is 1. The van der Waals surface area contributed by atoms with Crippen LogP contribution in [0, 0.1) is 5.92 Å². The maximum atomic E-state index is 12.5. The molecule has 49 heavy (non-hydrogen) atoms. The Hall–Kier alpha value is -2.45. The van der Waals surface area contributed by atoms with Crippen LogP contribution in [0.1, 0.15) is 189 Å². The SMILES string of the molecule is CCCCCCCCC(C)=O.CCCCCCCCOC(=O)CC(COC(=O)CCCCCCCC)CC(=O)OCC1CC(C)N1C(C)=O. The molecule has 0 saturated carbocycles. The van der Waals surface area contributed by atoms with Gasteiger partial charge in [0.15, 0.2) is 0 Å². The maximum Gasteiger partial charge on any atom is 0.306 e. The molecule has 0 aromatic heterocycles. The van der Waals surface area contributed by atoms with Gasteiger partial charge in [0.2, 0.25) is 5.91 Å². The minimum absolute atomic E-state index is 0.00470. The van der Waals surface area contributed by atoms with Crippen LogP contribution in [0.4, 0.5) is 0 Å². The van der Waals surface area contributed by atoms with Gasteiger partial charge in [0.25, 0.3) is 0 Å². The Kier molecular flexibility index (Phi) is 29.9. The van der Waals surface area contributed by atoms with E-state index in [1.54, 1.807) is 11.8 Å². The van der Waals surface area contributed by atoms with Crippen molar-refractivity contribution in [1.29, 1.82) is 0 Å². The molecule has 0 aromatic carbocycles. The standard InChI is InChI=1S/C30H53NO7.C10H20O/c1-5-7-9-11-13-15-17-28(33)37-22-26(20-29(34)36-18-16-14-12-10-8-6-2)21-30(35)38-23-27-19-24(3)31(27)25(4)32;1-3-4-5-6-7-8-9-10(2)11/h24,26-27H,5-23H2,1-4H3;3-9H2,1-2H3. The predicted octanol–water partition coefficient (Wildman–Crippen LogP) is 9.46. The summed E-state index contributed by atoms with van der Waals surface area (Å²) in [5.41, 5.74) is 0. The van der Waals surface area contributed by atoms with Crippen LogP contribution >= 0.6 is 0 Å². The second-order valence-corrected chi connectivity index (χ2v) is 14.0. The highest BCUT2D eigenvalue weighted by molar-refractivity contribution is 5.76. The molecule has 9 heteroatoms. The van der Waals surface area contributed by atoms with E-state index in [4.69, 9.17) is 14.2 Å². The molecule has 0 aromatic rings. The van der Waals surface area contributed by atoms with Crippen molar-refractivity contribution in [2.24, 2.45) is 5.92 Å². The summed E-state index contributed by atoms with van der Waals surface area (Å²) >= 11 is 0. The quantitative estimate of drug-likeness (QED) is 0.0432. The van der Waals surface area contributed by atoms with Crippen molar-refractivity contribution in [3.8, 4) is 0 Å². The largest absolute Gasteiger partial charge is 0.466 e. The molecule has 3 atom stereocenters. The summed E-state index contributed by atoms with van der Waals surface area (Å²) in [6.07, 6.45) is 22.5. The fraction of sp³-hybridized carbons (Fsp3) is 0.875. The van der Waals surface area contributed by atoms with Gasteiger partial charge >= 0.3 is 17.9 Å². The van der Waals surface area contributed by atoms with Gasteiger partial charge in [-0.25, -0.2) is 0 Å². The van der Waals surface area contributed by atoms with Crippen molar-refractivity contribution < 1.29 is 38.2 Å². The predicted molar refractivity (Wildman–Crippen MR) is 196 cm³/mol. The average molecular weight is 696 g/mol. The smallest absolute Gasteiger partial charge is 0.306 e. The van der Waals surface area contributed by atoms with E-state index in [9.17, 15) is 24.0 Å². The van der Waals surface area contributed by atoms with E-state index in [2.05, 4.69) is 20.8 Å². The second-order valence-electron chi connectivity index (χ2n) is 14.0. The molecule has 1 aliphatic rings. The summed E-state index contributed by atoms with van der Waals surface area (Å²) < 4.78 is 16.2. The maximum absolute atomic E-state index is 12.5. The van der Waals surface area contributed by atoms with Gasteiger partial charge in [0.05, 0.1) is 32.1 Å². The van der Waals surface area contributed by atoms with Gasteiger partial charge < -0.3 is 23.9 Å². The van der Waals surface area contributed by atoms with Gasteiger partial charge in [0, 0.05) is 31.7 Å². The second kappa shape index (κ2) is 31.5. The fourth-order valence-corrected chi connectivity index (χ4v) is 6.08. The number of amides is 1. The van der Waals surface area contributed by atoms with E-state index in [-0.39, 0.29) is 56.0 Å². The third kappa shape index (κ3) is 27.0. The number of esters is 3. The van der Waals surface area contributed by atoms with Crippen molar-refractivity contribution in [3.63, 3.8) is 0 Å². The first-order valence-corrected chi connectivity index (χ1v) is 19.8. The van der Waals surface area contributed by atoms with Crippen molar-refractivity contribution in [3.05, 3.63) is 0 Å². The lowest BCUT2D eigenvalue weighted by molar-refractivity contribution is -0.158. The van der Waals surface area contributed by atoms with Crippen LogP contribution in [0.15, 0.2) is 0 Å². The first-order chi connectivity index (χ1) is 23.5. The minimum atomic E-state index is -0.503. The summed E-state index contributed by atoms with van der Waals surface area (Å²) in [5, 5.41) is 0. The number of unbranched alkanes of at least 4 members (excludes halogenated alkanes) is 15. The van der Waals surface area contributed by atoms with Crippen molar-refractivity contribution in [1.82, 2.24) is 4.90 Å². The van der Waals surface area contributed by atoms with Crippen LogP contribution in [0.5, 0.6) is 0 Å². The molecule has 1 saturated heterocycles. The van der Waals surface area contributed by atoms with Crippen LogP contribution < -0.4 is 0 Å². The first kappa shape index (κ1) is 46.5. The summed E-state index contributed by atoms with van der Waals surface area (Å²) in [4.78, 5) is 61.2. The van der Waals surface area contributed by atoms with E-state index in [0.717, 1.165) is 57.8 Å². The van der Waals surface area contributed by atoms with E-state index in [0.29, 0.717) is 18.8 Å². The van der Waals surface area contributed by atoms with Gasteiger partial charge in [-0.15, -0.1) is 0 Å². The van der Waals surface area contributed by atoms with E-state index < -0.39 is 11.9 Å². The molecule has 1 rings (SSSR count). The number of ketones is 1. The minimum Gasteiger partial charge on any atom is -0.466 e. The lowest BCUT2D eigenvalue weighted by atomic mass is 9.95. The zero-order valence-corrected chi connectivity index (χ0v) is 32.3. The summed E-state index contributed by atoms with van der Waals surface area (Å²) in [7, 11) is 0. The number of carbonyl (C=O) groups excluding carboxylic acids is 5. The molecule has 1 heterocycles. The van der Waals surface area contributed by atoms with Gasteiger partial charge in [-0.1, -0.05) is 117 Å². The van der Waals surface area contributed by atoms with E-state index in [1.165, 1.54) is 77.6 Å². The fourth-order valence-electron chi connectivity index (χ4n) is 6.08. The van der Waals surface area contributed by atoms with Gasteiger partial charge in [-0.2, -0.15) is 0 Å². The number of Topliss-reactive ketones (excluding diaryl/α,β-unsaturated/α-hetero) is 1. The monoisotopic (exact) mass is 696 g/mol. The molecule has 0 radical (unpaired) electrons. The van der Waals surface area contributed by atoms with Crippen LogP contribution in [-0.4, -0.2) is 66.4 Å². The topological polar surface area (TPSA) is 116 Å². The molecule has 0 bridgehead atoms. The Morgan fingerprint density at radius 3 is 1.55 bits per heavy atom. The molecule has 0 N–H and O–H groups in total. The third-order valence-electron chi connectivity index (χ3n) is 9.05. The molecule has 3 unspecified atom stereocenters. The van der Waals surface area contributed by atoms with Crippen LogP contribution in [0.3, 0.4) is 0 Å². The van der Waals surface area contributed by atoms with Crippen molar-refractivity contribution in [2.45, 2.75) is 201 Å². The number of hydrogen-bond donors (Lipinski definition) is 0. The first-order valence-electron chi connectivity index (χ1n) is 19.8. The highest BCUT2D eigenvalue weighted by atomic mass is 16.5. The van der Waals surface area contributed by atoms with Crippen LogP contribution in [-0.2, 0) is 38.2 Å². The van der Waals surface area contributed by atoms with Gasteiger partial charge in [0.1, 0.15) is 12.4 Å². The molecule has 9 nitrogen and oxygen atoms in total. The Labute approximate surface area is 299 Å². The number of carbonyl (C=O) groups is 5. The molecule has 0 aliphatic carbocycles. The zero-order chi connectivity index (χ0) is 36.7. The third-order valence-corrected chi connectivity index (χ3v) is 9.05. The molecule has 1 fully saturated rings. The Bertz CT molecular complexity index is 892. The van der Waals surface area contributed by atoms with E-state index >= 15 is 0 Å². The Morgan fingerprint density at radius 1 is 0.592 bits per heavy atom. The normalized spacial score (nSPS) is 15.8. The number of ether oxygens (including phenoxy) is 3. The van der Waals surface area contributed by atoms with Crippen LogP contribution in [0.25, 0.3) is 0 Å². The van der Waals surface area contributed by atoms with Gasteiger partial charge in [-0.3, -0.25) is 19.2 Å². The highest BCUT2D eigenvalue weighted by Crippen LogP contribution is 2.26. The highest BCUT2D eigenvalue weighted by Gasteiger charge is 2.38. The number of likely N-dealkylation sites (tertiary alicyclic amines) is 1. The lowest BCUT2D eigenvalue weighted by Crippen LogP contribution is -2.58. The summed E-state index contributed by atoms with van der Waals surface area (Å²) in [5.74, 6) is -1.36. The average Bonchev–Trinajstić information content (AvgIpc) is 3.04.